The van der Waals surface area contributed by atoms with Gasteiger partial charge in [-0.15, -0.1) is 11.3 Å². The molecule has 0 bridgehead atoms. The quantitative estimate of drug-likeness (QED) is 0.291. The fraction of sp³-hybridized carbons (Fsp3) is 0.321. The molecule has 7 nitrogen and oxygen atoms in total. The van der Waals surface area contributed by atoms with Crippen LogP contribution in [0.5, 0.6) is 0 Å². The maximum absolute atomic E-state index is 13.6. The average molecular weight is 575 g/mol. The van der Waals surface area contributed by atoms with Crippen molar-refractivity contribution in [3.8, 4) is 11.3 Å². The number of carbonyl (C=O) groups excluding carboxylic acids is 2. The van der Waals surface area contributed by atoms with Crippen LogP contribution < -0.4 is 10.6 Å². The van der Waals surface area contributed by atoms with Crippen molar-refractivity contribution in [1.82, 2.24) is 10.3 Å². The third kappa shape index (κ3) is 5.67. The van der Waals surface area contributed by atoms with Gasteiger partial charge in [0, 0.05) is 27.6 Å². The van der Waals surface area contributed by atoms with Crippen molar-refractivity contribution in [1.29, 1.82) is 0 Å². The van der Waals surface area contributed by atoms with Crippen LogP contribution in [0.4, 0.5) is 5.13 Å². The summed E-state index contributed by atoms with van der Waals surface area (Å²) in [7, 11) is 0. The largest absolute Gasteiger partial charge is 0.466 e. The van der Waals surface area contributed by atoms with Gasteiger partial charge < -0.3 is 20.1 Å². The highest BCUT2D eigenvalue weighted by atomic mass is 35.5. The van der Waals surface area contributed by atoms with E-state index in [1.807, 2.05) is 55.6 Å². The Morgan fingerprint density at radius 1 is 1.11 bits per heavy atom. The van der Waals surface area contributed by atoms with E-state index in [1.165, 1.54) is 11.3 Å². The van der Waals surface area contributed by atoms with E-state index in [9.17, 15) is 9.59 Å². The first kappa shape index (κ1) is 28.0. The molecule has 2 aromatic carbocycles. The van der Waals surface area contributed by atoms with Gasteiger partial charge in [-0.2, -0.15) is 0 Å². The average Bonchev–Trinajstić information content (AvgIpc) is 3.31. The van der Waals surface area contributed by atoms with Crippen LogP contribution >= 0.6 is 34.5 Å². The molecular formula is C28H29Cl2N3O4S. The van der Waals surface area contributed by atoms with Crippen LogP contribution in [0.15, 0.2) is 65.2 Å². The Labute approximate surface area is 236 Å². The van der Waals surface area contributed by atoms with E-state index in [0.717, 1.165) is 11.1 Å². The SMILES string of the molecule is CCOC(=O)C1=C(C)NC(C)(Nc2nc(-c3ccc(Cl)cc3Cl)cs2)C(C(=O)OCC)C1c1ccccc1. The van der Waals surface area contributed by atoms with E-state index in [0.29, 0.717) is 32.1 Å². The normalized spacial score (nSPS) is 21.0. The van der Waals surface area contributed by atoms with Crippen molar-refractivity contribution >= 4 is 51.6 Å². The van der Waals surface area contributed by atoms with Gasteiger partial charge in [0.15, 0.2) is 5.13 Å². The van der Waals surface area contributed by atoms with E-state index in [4.69, 9.17) is 37.7 Å². The molecule has 0 aliphatic carbocycles. The second-order valence-electron chi connectivity index (χ2n) is 8.99. The Bertz CT molecular complexity index is 1360. The van der Waals surface area contributed by atoms with Crippen LogP contribution in [-0.2, 0) is 19.1 Å². The molecule has 10 heteroatoms. The molecular weight excluding hydrogens is 545 g/mol. The first-order chi connectivity index (χ1) is 18.2. The molecule has 3 unspecified atom stereocenters. The zero-order chi connectivity index (χ0) is 27.4. The summed E-state index contributed by atoms with van der Waals surface area (Å²) in [6.07, 6.45) is 0. The number of aromatic nitrogens is 1. The van der Waals surface area contributed by atoms with Crippen molar-refractivity contribution in [2.75, 3.05) is 18.5 Å². The zero-order valence-corrected chi connectivity index (χ0v) is 23.8. The van der Waals surface area contributed by atoms with Crippen molar-refractivity contribution in [3.05, 3.63) is 80.8 Å². The summed E-state index contributed by atoms with van der Waals surface area (Å²) in [5, 5.41) is 10.3. The van der Waals surface area contributed by atoms with Crippen LogP contribution in [0.3, 0.4) is 0 Å². The van der Waals surface area contributed by atoms with Gasteiger partial charge in [-0.25, -0.2) is 9.78 Å². The fourth-order valence-electron chi connectivity index (χ4n) is 4.86. The minimum absolute atomic E-state index is 0.195. The Kier molecular flexibility index (Phi) is 8.65. The number of anilines is 1. The molecule has 0 saturated heterocycles. The summed E-state index contributed by atoms with van der Waals surface area (Å²) in [6.45, 7) is 7.60. The number of halogens is 2. The van der Waals surface area contributed by atoms with Crippen molar-refractivity contribution in [3.63, 3.8) is 0 Å². The molecule has 1 aliphatic rings. The van der Waals surface area contributed by atoms with E-state index in [1.54, 1.807) is 26.0 Å². The molecule has 0 spiro atoms. The highest BCUT2D eigenvalue weighted by Crippen LogP contribution is 2.45. The first-order valence-corrected chi connectivity index (χ1v) is 13.9. The fourth-order valence-corrected chi connectivity index (χ4v) is 6.19. The molecule has 2 N–H and O–H groups in total. The van der Waals surface area contributed by atoms with Gasteiger partial charge in [-0.1, -0.05) is 53.5 Å². The highest BCUT2D eigenvalue weighted by molar-refractivity contribution is 7.14. The van der Waals surface area contributed by atoms with Gasteiger partial charge in [0.1, 0.15) is 11.6 Å². The Hall–Kier alpha value is -3.07. The Balaban J connectivity index is 1.80. The molecule has 4 rings (SSSR count). The Morgan fingerprint density at radius 2 is 1.82 bits per heavy atom. The third-order valence-electron chi connectivity index (χ3n) is 6.39. The molecule has 3 atom stereocenters. The summed E-state index contributed by atoms with van der Waals surface area (Å²) in [4.78, 5) is 31.5. The number of allylic oxidation sites excluding steroid dienone is 1. The van der Waals surface area contributed by atoms with Crippen LogP contribution in [0.1, 0.15) is 39.2 Å². The summed E-state index contributed by atoms with van der Waals surface area (Å²) >= 11 is 13.8. The number of carbonyl (C=O) groups is 2. The van der Waals surface area contributed by atoms with E-state index in [-0.39, 0.29) is 13.2 Å². The minimum Gasteiger partial charge on any atom is -0.466 e. The summed E-state index contributed by atoms with van der Waals surface area (Å²) < 4.78 is 11.0. The third-order valence-corrected chi connectivity index (χ3v) is 7.70. The minimum atomic E-state index is -1.06. The van der Waals surface area contributed by atoms with Gasteiger partial charge in [0.05, 0.1) is 29.5 Å². The molecule has 0 amide bonds. The lowest BCUT2D eigenvalue weighted by atomic mass is 9.71. The molecule has 1 aromatic heterocycles. The van der Waals surface area contributed by atoms with Gasteiger partial charge in [0.25, 0.3) is 0 Å². The number of rotatable bonds is 8. The van der Waals surface area contributed by atoms with Gasteiger partial charge in [-0.3, -0.25) is 4.79 Å². The molecule has 0 saturated carbocycles. The molecule has 0 fully saturated rings. The monoisotopic (exact) mass is 573 g/mol. The van der Waals surface area contributed by atoms with Crippen molar-refractivity contribution < 1.29 is 19.1 Å². The number of nitrogens with zero attached hydrogens (tertiary/aromatic N) is 1. The predicted molar refractivity (Wildman–Crippen MR) is 151 cm³/mol. The molecule has 2 heterocycles. The number of esters is 2. The first-order valence-electron chi connectivity index (χ1n) is 12.2. The summed E-state index contributed by atoms with van der Waals surface area (Å²) in [5.41, 5.74) is 2.15. The number of nitrogens with one attached hydrogen (secondary N) is 2. The number of benzene rings is 2. The van der Waals surface area contributed by atoms with Crippen LogP contribution in [0.25, 0.3) is 11.3 Å². The van der Waals surface area contributed by atoms with Gasteiger partial charge in [-0.05, 0) is 51.5 Å². The standard InChI is InChI=1S/C28H29Cl2N3O4S/c1-5-36-25(34)22-16(3)32-28(4,24(26(35)37-6-2)23(22)17-10-8-7-9-11-17)33-27-31-21(15-38-27)19-13-12-18(29)14-20(19)30/h7-15,23-24,32H,5-6H2,1-4H3,(H,31,33). The molecule has 200 valence electrons. The molecule has 38 heavy (non-hydrogen) atoms. The molecule has 0 radical (unpaired) electrons. The van der Waals surface area contributed by atoms with Crippen molar-refractivity contribution in [2.45, 2.75) is 39.3 Å². The lowest BCUT2D eigenvalue weighted by molar-refractivity contribution is -0.152. The number of ether oxygens (including phenoxy) is 2. The van der Waals surface area contributed by atoms with Gasteiger partial charge >= 0.3 is 11.9 Å². The summed E-state index contributed by atoms with van der Waals surface area (Å²) in [5.74, 6) is -2.38. The maximum atomic E-state index is 13.6. The predicted octanol–water partition coefficient (Wildman–Crippen LogP) is 6.65. The smallest absolute Gasteiger partial charge is 0.336 e. The topological polar surface area (TPSA) is 89.5 Å². The Morgan fingerprint density at radius 3 is 2.47 bits per heavy atom. The van der Waals surface area contributed by atoms with Gasteiger partial charge in [0.2, 0.25) is 0 Å². The molecule has 3 aromatic rings. The zero-order valence-electron chi connectivity index (χ0n) is 21.5. The highest BCUT2D eigenvalue weighted by Gasteiger charge is 2.53. The second kappa shape index (κ2) is 11.8. The van der Waals surface area contributed by atoms with Crippen LogP contribution in [0, 0.1) is 5.92 Å². The number of hydrogen-bond acceptors (Lipinski definition) is 8. The number of thiazole rings is 1. The van der Waals surface area contributed by atoms with Crippen molar-refractivity contribution in [2.24, 2.45) is 5.92 Å². The maximum Gasteiger partial charge on any atom is 0.336 e. The summed E-state index contributed by atoms with van der Waals surface area (Å²) in [6, 6.07) is 14.7. The van der Waals surface area contributed by atoms with Crippen LogP contribution in [-0.4, -0.2) is 35.8 Å². The van der Waals surface area contributed by atoms with Crippen LogP contribution in [0.2, 0.25) is 10.0 Å². The van der Waals surface area contributed by atoms with E-state index in [2.05, 4.69) is 10.6 Å². The second-order valence-corrected chi connectivity index (χ2v) is 10.7. The number of hydrogen-bond donors (Lipinski definition) is 2. The molecule has 1 aliphatic heterocycles. The lowest BCUT2D eigenvalue weighted by Gasteiger charge is -2.46. The van der Waals surface area contributed by atoms with E-state index < -0.39 is 29.4 Å². The lowest BCUT2D eigenvalue weighted by Crippen LogP contribution is -2.62. The van der Waals surface area contributed by atoms with E-state index >= 15 is 0 Å².